The third kappa shape index (κ3) is 3.71. The molecule has 1 N–H and O–H groups in total. The fourth-order valence-electron chi connectivity index (χ4n) is 2.17. The van der Waals surface area contributed by atoms with Gasteiger partial charge in [-0.25, -0.2) is 4.39 Å². The molecule has 0 unspecified atom stereocenters. The first-order chi connectivity index (χ1) is 11.5. The van der Waals surface area contributed by atoms with Gasteiger partial charge in [0.25, 0.3) is 5.91 Å². The number of hydrogen-bond acceptors (Lipinski definition) is 4. The Bertz CT molecular complexity index is 768. The molecule has 1 aliphatic heterocycles. The highest BCUT2D eigenvalue weighted by Gasteiger charge is 2.17. The summed E-state index contributed by atoms with van der Waals surface area (Å²) in [6.07, 6.45) is -0.792. The second kappa shape index (κ2) is 6.97. The topological polar surface area (TPSA) is 56.8 Å². The molecule has 2 aromatic rings. The van der Waals surface area contributed by atoms with Crippen LogP contribution >= 0.6 is 11.6 Å². The maximum atomic E-state index is 13.1. The van der Waals surface area contributed by atoms with Gasteiger partial charge in [0.15, 0.2) is 17.6 Å². The summed E-state index contributed by atoms with van der Waals surface area (Å²) in [4.78, 5) is 12.2. The second-order valence-electron chi connectivity index (χ2n) is 5.18. The maximum absolute atomic E-state index is 13.1. The Hall–Kier alpha value is -2.47. The van der Waals surface area contributed by atoms with Crippen molar-refractivity contribution in [1.29, 1.82) is 0 Å². The van der Waals surface area contributed by atoms with Gasteiger partial charge >= 0.3 is 0 Å². The van der Waals surface area contributed by atoms with Crippen molar-refractivity contribution >= 4 is 23.2 Å². The van der Waals surface area contributed by atoms with E-state index in [0.29, 0.717) is 36.1 Å². The number of carbonyl (C=O) groups excluding carboxylic acids is 1. The van der Waals surface area contributed by atoms with Gasteiger partial charge < -0.3 is 19.5 Å². The first-order valence-corrected chi connectivity index (χ1v) is 7.73. The first-order valence-electron chi connectivity index (χ1n) is 7.35. The number of halogens is 2. The second-order valence-corrected chi connectivity index (χ2v) is 5.59. The van der Waals surface area contributed by atoms with Crippen LogP contribution < -0.4 is 19.5 Å². The molecule has 1 amide bonds. The van der Waals surface area contributed by atoms with Crippen LogP contribution in [-0.2, 0) is 4.79 Å². The molecule has 0 bridgehead atoms. The number of ether oxygens (including phenoxy) is 3. The van der Waals surface area contributed by atoms with Crippen molar-refractivity contribution in [2.75, 3.05) is 18.5 Å². The minimum absolute atomic E-state index is 0.0630. The SMILES string of the molecule is C[C@@H](Oc1ccc(F)c(Cl)c1)C(=O)Nc1ccc2c(c1)OCCO2. The number of benzene rings is 2. The molecule has 126 valence electrons. The summed E-state index contributed by atoms with van der Waals surface area (Å²) in [6.45, 7) is 2.56. The number of fused-ring (bicyclic) bond motifs is 1. The van der Waals surface area contributed by atoms with E-state index in [-0.39, 0.29) is 10.9 Å². The average molecular weight is 352 g/mol. The predicted molar refractivity (Wildman–Crippen MR) is 87.6 cm³/mol. The number of rotatable bonds is 4. The Morgan fingerprint density at radius 2 is 1.96 bits per heavy atom. The molecule has 1 aliphatic rings. The summed E-state index contributed by atoms with van der Waals surface area (Å²) in [6, 6.07) is 9.05. The molecule has 2 aromatic carbocycles. The number of carbonyl (C=O) groups is 1. The molecule has 0 aliphatic carbocycles. The van der Waals surface area contributed by atoms with E-state index < -0.39 is 11.9 Å². The summed E-state index contributed by atoms with van der Waals surface area (Å²) in [7, 11) is 0. The van der Waals surface area contributed by atoms with Crippen molar-refractivity contribution in [2.45, 2.75) is 13.0 Å². The zero-order valence-electron chi connectivity index (χ0n) is 12.8. The molecule has 0 fully saturated rings. The molecule has 5 nitrogen and oxygen atoms in total. The molecule has 7 heteroatoms. The summed E-state index contributed by atoms with van der Waals surface area (Å²) < 4.78 is 29.5. The van der Waals surface area contributed by atoms with E-state index in [4.69, 9.17) is 25.8 Å². The van der Waals surface area contributed by atoms with E-state index in [1.807, 2.05) is 0 Å². The van der Waals surface area contributed by atoms with Crippen LogP contribution in [0.4, 0.5) is 10.1 Å². The third-order valence-electron chi connectivity index (χ3n) is 3.38. The van der Waals surface area contributed by atoms with Gasteiger partial charge in [-0.15, -0.1) is 0 Å². The fourth-order valence-corrected chi connectivity index (χ4v) is 2.34. The van der Waals surface area contributed by atoms with Crippen molar-refractivity contribution in [3.63, 3.8) is 0 Å². The molecule has 0 saturated heterocycles. The minimum atomic E-state index is -0.792. The van der Waals surface area contributed by atoms with Crippen LogP contribution in [0.25, 0.3) is 0 Å². The number of hydrogen-bond donors (Lipinski definition) is 1. The van der Waals surface area contributed by atoms with Gasteiger partial charge in [-0.05, 0) is 31.2 Å². The predicted octanol–water partition coefficient (Wildman–Crippen LogP) is 3.66. The van der Waals surface area contributed by atoms with Crippen LogP contribution in [0.5, 0.6) is 17.2 Å². The van der Waals surface area contributed by atoms with Crippen LogP contribution in [-0.4, -0.2) is 25.2 Å². The van der Waals surface area contributed by atoms with E-state index >= 15 is 0 Å². The van der Waals surface area contributed by atoms with E-state index in [1.165, 1.54) is 18.2 Å². The van der Waals surface area contributed by atoms with E-state index in [9.17, 15) is 9.18 Å². The molecule has 0 saturated carbocycles. The average Bonchev–Trinajstić information content (AvgIpc) is 2.58. The zero-order valence-corrected chi connectivity index (χ0v) is 13.6. The first kappa shape index (κ1) is 16.4. The molecule has 1 heterocycles. The van der Waals surface area contributed by atoms with E-state index in [2.05, 4.69) is 5.32 Å². The Balaban J connectivity index is 1.64. The molecular weight excluding hydrogens is 337 g/mol. The molecule has 24 heavy (non-hydrogen) atoms. The molecule has 0 radical (unpaired) electrons. The Labute approximate surface area is 143 Å². The molecular formula is C17H15ClFNO4. The van der Waals surface area contributed by atoms with Gasteiger partial charge in [0, 0.05) is 17.8 Å². The molecule has 1 atom stereocenters. The van der Waals surface area contributed by atoms with E-state index in [1.54, 1.807) is 25.1 Å². The Morgan fingerprint density at radius 1 is 1.21 bits per heavy atom. The van der Waals surface area contributed by atoms with Gasteiger partial charge in [0.1, 0.15) is 24.8 Å². The van der Waals surface area contributed by atoms with Gasteiger partial charge in [-0.2, -0.15) is 0 Å². The third-order valence-corrected chi connectivity index (χ3v) is 3.67. The van der Waals surface area contributed by atoms with Gasteiger partial charge in [-0.1, -0.05) is 11.6 Å². The molecule has 0 aromatic heterocycles. The fraction of sp³-hybridized carbons (Fsp3) is 0.235. The maximum Gasteiger partial charge on any atom is 0.265 e. The minimum Gasteiger partial charge on any atom is -0.486 e. The normalized spacial score (nSPS) is 14.0. The highest BCUT2D eigenvalue weighted by molar-refractivity contribution is 6.30. The lowest BCUT2D eigenvalue weighted by Gasteiger charge is -2.19. The largest absolute Gasteiger partial charge is 0.486 e. The van der Waals surface area contributed by atoms with Crippen LogP contribution in [0.15, 0.2) is 36.4 Å². The summed E-state index contributed by atoms with van der Waals surface area (Å²) >= 11 is 5.69. The zero-order chi connectivity index (χ0) is 17.1. The van der Waals surface area contributed by atoms with Crippen molar-refractivity contribution in [3.05, 3.63) is 47.2 Å². The standard InChI is InChI=1S/C17H15ClFNO4/c1-10(24-12-3-4-14(19)13(18)9-12)17(21)20-11-2-5-15-16(8-11)23-7-6-22-15/h2-5,8-10H,6-7H2,1H3,(H,20,21)/t10-/m1/s1. The van der Waals surface area contributed by atoms with Crippen LogP contribution in [0.1, 0.15) is 6.92 Å². The number of amides is 1. The van der Waals surface area contributed by atoms with Crippen LogP contribution in [0.3, 0.4) is 0 Å². The van der Waals surface area contributed by atoms with Crippen molar-refractivity contribution in [3.8, 4) is 17.2 Å². The highest BCUT2D eigenvalue weighted by Crippen LogP contribution is 2.32. The summed E-state index contributed by atoms with van der Waals surface area (Å²) in [5.74, 6) is 0.637. The van der Waals surface area contributed by atoms with E-state index in [0.717, 1.165) is 0 Å². The Morgan fingerprint density at radius 3 is 2.71 bits per heavy atom. The van der Waals surface area contributed by atoms with Crippen molar-refractivity contribution in [1.82, 2.24) is 0 Å². The monoisotopic (exact) mass is 351 g/mol. The molecule has 0 spiro atoms. The lowest BCUT2D eigenvalue weighted by molar-refractivity contribution is -0.122. The highest BCUT2D eigenvalue weighted by atomic mass is 35.5. The number of anilines is 1. The van der Waals surface area contributed by atoms with Crippen LogP contribution in [0.2, 0.25) is 5.02 Å². The van der Waals surface area contributed by atoms with Crippen molar-refractivity contribution < 1.29 is 23.4 Å². The lowest BCUT2D eigenvalue weighted by atomic mass is 10.2. The quantitative estimate of drug-likeness (QED) is 0.913. The lowest BCUT2D eigenvalue weighted by Crippen LogP contribution is -2.30. The summed E-state index contributed by atoms with van der Waals surface area (Å²) in [5, 5.41) is 2.67. The van der Waals surface area contributed by atoms with Gasteiger partial charge in [0.05, 0.1) is 5.02 Å². The summed E-state index contributed by atoms with van der Waals surface area (Å²) in [5.41, 5.74) is 0.567. The van der Waals surface area contributed by atoms with Gasteiger partial charge in [-0.3, -0.25) is 4.79 Å². The van der Waals surface area contributed by atoms with Crippen LogP contribution in [0, 0.1) is 5.82 Å². The van der Waals surface area contributed by atoms with Gasteiger partial charge in [0.2, 0.25) is 0 Å². The number of nitrogens with one attached hydrogen (secondary N) is 1. The smallest absolute Gasteiger partial charge is 0.265 e. The Kier molecular flexibility index (Phi) is 4.76. The van der Waals surface area contributed by atoms with Crippen molar-refractivity contribution in [2.24, 2.45) is 0 Å². The molecule has 3 rings (SSSR count).